The van der Waals surface area contributed by atoms with Gasteiger partial charge in [0.1, 0.15) is 0 Å². The van der Waals surface area contributed by atoms with E-state index in [1.807, 2.05) is 0 Å². The molecule has 3 atom stereocenters. The van der Waals surface area contributed by atoms with Crippen molar-refractivity contribution < 1.29 is 5.11 Å². The monoisotopic (exact) mass is 127 g/mol. The van der Waals surface area contributed by atoms with E-state index in [2.05, 4.69) is 11.9 Å². The van der Waals surface area contributed by atoms with Crippen molar-refractivity contribution >= 4 is 0 Å². The van der Waals surface area contributed by atoms with Gasteiger partial charge in [-0.2, -0.15) is 0 Å². The van der Waals surface area contributed by atoms with Crippen molar-refractivity contribution in [2.24, 2.45) is 5.92 Å². The van der Waals surface area contributed by atoms with Crippen molar-refractivity contribution in [1.82, 2.24) is 4.90 Å². The minimum absolute atomic E-state index is 0.351. The van der Waals surface area contributed by atoms with Crippen LogP contribution in [0.25, 0.3) is 0 Å². The van der Waals surface area contributed by atoms with Gasteiger partial charge in [-0.3, -0.25) is 4.90 Å². The predicted molar refractivity (Wildman–Crippen MR) is 35.1 cm³/mol. The van der Waals surface area contributed by atoms with E-state index in [1.165, 1.54) is 12.8 Å². The van der Waals surface area contributed by atoms with Gasteiger partial charge in [-0.15, -0.1) is 0 Å². The minimum Gasteiger partial charge on any atom is -0.395 e. The van der Waals surface area contributed by atoms with Gasteiger partial charge in [-0.1, -0.05) is 0 Å². The minimum atomic E-state index is 0.351. The van der Waals surface area contributed by atoms with E-state index >= 15 is 0 Å². The predicted octanol–water partition coefficient (Wildman–Crippen LogP) is 0.0713. The molecule has 0 spiro atoms. The lowest BCUT2D eigenvalue weighted by atomic mass is 10.2. The number of hydrogen-bond acceptors (Lipinski definition) is 2. The second-order valence-electron chi connectivity index (χ2n) is 3.30. The summed E-state index contributed by atoms with van der Waals surface area (Å²) >= 11 is 0. The molecule has 2 heteroatoms. The number of piperidine rings is 1. The van der Waals surface area contributed by atoms with E-state index in [0.29, 0.717) is 12.6 Å². The standard InChI is InChI=1S/C7H13NO/c1-8-6(4-9)2-5-3-7(5)8/h5-7,9H,2-4H2,1H3/t5?,6-,7?/m0/s1. The summed E-state index contributed by atoms with van der Waals surface area (Å²) in [5.74, 6) is 0.937. The molecule has 9 heavy (non-hydrogen) atoms. The van der Waals surface area contributed by atoms with E-state index < -0.39 is 0 Å². The maximum atomic E-state index is 8.83. The second-order valence-corrected chi connectivity index (χ2v) is 3.30. The highest BCUT2D eigenvalue weighted by Gasteiger charge is 2.49. The second kappa shape index (κ2) is 1.70. The fourth-order valence-electron chi connectivity index (χ4n) is 1.97. The third-order valence-electron chi connectivity index (χ3n) is 2.77. The number of likely N-dealkylation sites (N-methyl/N-ethyl adjacent to an activating group) is 1. The van der Waals surface area contributed by atoms with E-state index in [4.69, 9.17) is 5.11 Å². The smallest absolute Gasteiger partial charge is 0.0586 e. The van der Waals surface area contributed by atoms with Crippen LogP contribution in [0.15, 0.2) is 0 Å². The normalized spacial score (nSPS) is 49.3. The summed E-state index contributed by atoms with van der Waals surface area (Å²) in [6.45, 7) is 0.351. The van der Waals surface area contributed by atoms with Crippen LogP contribution in [-0.4, -0.2) is 35.7 Å². The molecule has 0 amide bonds. The first-order valence-electron chi connectivity index (χ1n) is 3.65. The number of aliphatic hydroxyl groups is 1. The summed E-state index contributed by atoms with van der Waals surface area (Å²) < 4.78 is 0. The van der Waals surface area contributed by atoms with Crippen LogP contribution in [0.4, 0.5) is 0 Å². The highest BCUT2D eigenvalue weighted by molar-refractivity contribution is 5.03. The Labute approximate surface area is 55.5 Å². The van der Waals surface area contributed by atoms with Crippen LogP contribution in [0.3, 0.4) is 0 Å². The van der Waals surface area contributed by atoms with Gasteiger partial charge in [0.15, 0.2) is 0 Å². The highest BCUT2D eigenvalue weighted by Crippen LogP contribution is 2.46. The molecule has 1 saturated heterocycles. The molecule has 2 aliphatic rings. The summed E-state index contributed by atoms with van der Waals surface area (Å²) in [7, 11) is 2.12. The van der Waals surface area contributed by atoms with Gasteiger partial charge in [0.05, 0.1) is 6.61 Å². The Morgan fingerprint density at radius 3 is 2.67 bits per heavy atom. The molecule has 0 aromatic carbocycles. The Morgan fingerprint density at radius 1 is 1.56 bits per heavy atom. The SMILES string of the molecule is CN1C2CC2C[C@H]1CO. The van der Waals surface area contributed by atoms with Gasteiger partial charge in [-0.05, 0) is 25.8 Å². The average Bonchev–Trinajstić information content (AvgIpc) is 2.55. The van der Waals surface area contributed by atoms with Crippen LogP contribution in [-0.2, 0) is 0 Å². The van der Waals surface area contributed by atoms with Gasteiger partial charge >= 0.3 is 0 Å². The van der Waals surface area contributed by atoms with Crippen LogP contribution in [0.5, 0.6) is 0 Å². The highest BCUT2D eigenvalue weighted by atomic mass is 16.3. The molecular formula is C7H13NO. The average molecular weight is 127 g/mol. The molecule has 0 bridgehead atoms. The van der Waals surface area contributed by atoms with Crippen LogP contribution in [0.2, 0.25) is 0 Å². The Balaban J connectivity index is 1.99. The topological polar surface area (TPSA) is 23.5 Å². The Morgan fingerprint density at radius 2 is 2.33 bits per heavy atom. The zero-order chi connectivity index (χ0) is 6.43. The van der Waals surface area contributed by atoms with Gasteiger partial charge < -0.3 is 5.11 Å². The number of aliphatic hydroxyl groups excluding tert-OH is 1. The Hall–Kier alpha value is -0.0800. The van der Waals surface area contributed by atoms with Gasteiger partial charge in [0, 0.05) is 12.1 Å². The van der Waals surface area contributed by atoms with Crippen molar-refractivity contribution in [3.8, 4) is 0 Å². The summed E-state index contributed by atoms with van der Waals surface area (Å²) in [6, 6.07) is 1.32. The first-order valence-corrected chi connectivity index (χ1v) is 3.65. The van der Waals surface area contributed by atoms with Crippen molar-refractivity contribution in [2.45, 2.75) is 24.9 Å². The first-order chi connectivity index (χ1) is 4.33. The summed E-state index contributed by atoms with van der Waals surface area (Å²) in [6.07, 6.45) is 2.62. The number of fused-ring (bicyclic) bond motifs is 1. The zero-order valence-corrected chi connectivity index (χ0v) is 5.75. The number of rotatable bonds is 1. The Bertz CT molecular complexity index is 126. The summed E-state index contributed by atoms with van der Waals surface area (Å²) in [4.78, 5) is 2.32. The Kier molecular flexibility index (Phi) is 1.08. The maximum Gasteiger partial charge on any atom is 0.0586 e. The lowest BCUT2D eigenvalue weighted by Gasteiger charge is -2.19. The first kappa shape index (κ1) is 5.69. The van der Waals surface area contributed by atoms with Gasteiger partial charge in [-0.25, -0.2) is 0 Å². The fourth-order valence-corrected chi connectivity index (χ4v) is 1.97. The summed E-state index contributed by atoms with van der Waals surface area (Å²) in [5.41, 5.74) is 0. The molecule has 2 nitrogen and oxygen atoms in total. The van der Waals surface area contributed by atoms with Crippen LogP contribution < -0.4 is 0 Å². The number of hydrogen-bond donors (Lipinski definition) is 1. The van der Waals surface area contributed by atoms with E-state index in [0.717, 1.165) is 12.0 Å². The van der Waals surface area contributed by atoms with Crippen molar-refractivity contribution in [2.75, 3.05) is 13.7 Å². The molecule has 2 unspecified atom stereocenters. The van der Waals surface area contributed by atoms with Crippen LogP contribution in [0.1, 0.15) is 12.8 Å². The van der Waals surface area contributed by atoms with Crippen LogP contribution >= 0.6 is 0 Å². The molecule has 0 aromatic rings. The van der Waals surface area contributed by atoms with Crippen LogP contribution in [0, 0.1) is 5.92 Å². The summed E-state index contributed by atoms with van der Waals surface area (Å²) in [5, 5.41) is 8.83. The molecule has 2 rings (SSSR count). The quantitative estimate of drug-likeness (QED) is 0.539. The van der Waals surface area contributed by atoms with E-state index in [-0.39, 0.29) is 0 Å². The molecule has 1 saturated carbocycles. The molecule has 1 aliphatic carbocycles. The van der Waals surface area contributed by atoms with Crippen molar-refractivity contribution in [3.63, 3.8) is 0 Å². The molecule has 2 fully saturated rings. The molecule has 1 aliphatic heterocycles. The van der Waals surface area contributed by atoms with Gasteiger partial charge in [0.25, 0.3) is 0 Å². The van der Waals surface area contributed by atoms with E-state index in [1.54, 1.807) is 0 Å². The number of likely N-dealkylation sites (tertiary alicyclic amines) is 1. The zero-order valence-electron chi connectivity index (χ0n) is 5.75. The molecular weight excluding hydrogens is 114 g/mol. The fraction of sp³-hybridized carbons (Fsp3) is 1.00. The molecule has 52 valence electrons. The molecule has 0 aromatic heterocycles. The number of nitrogens with zero attached hydrogens (tertiary/aromatic N) is 1. The van der Waals surface area contributed by atoms with Gasteiger partial charge in [0.2, 0.25) is 0 Å². The maximum absolute atomic E-state index is 8.83. The molecule has 1 heterocycles. The largest absolute Gasteiger partial charge is 0.395 e. The lowest BCUT2D eigenvalue weighted by molar-refractivity contribution is 0.162. The molecule has 0 radical (unpaired) electrons. The van der Waals surface area contributed by atoms with E-state index in [9.17, 15) is 0 Å². The van der Waals surface area contributed by atoms with Crippen molar-refractivity contribution in [3.05, 3.63) is 0 Å². The lowest BCUT2D eigenvalue weighted by Crippen LogP contribution is -2.31. The van der Waals surface area contributed by atoms with Crippen molar-refractivity contribution in [1.29, 1.82) is 0 Å². The third-order valence-corrected chi connectivity index (χ3v) is 2.77. The third kappa shape index (κ3) is 0.700. The molecule has 1 N–H and O–H groups in total.